The van der Waals surface area contributed by atoms with Crippen LogP contribution in [-0.4, -0.2) is 26.4 Å². The highest BCUT2D eigenvalue weighted by molar-refractivity contribution is 6.35. The first-order valence-corrected chi connectivity index (χ1v) is 9.65. The van der Waals surface area contributed by atoms with Crippen molar-refractivity contribution in [1.82, 2.24) is 4.40 Å². The van der Waals surface area contributed by atoms with Crippen molar-refractivity contribution in [3.63, 3.8) is 0 Å². The summed E-state index contributed by atoms with van der Waals surface area (Å²) in [5, 5.41) is 19.0. The Morgan fingerprint density at radius 3 is 2.36 bits per heavy atom. The normalized spacial score (nSPS) is 11.7. The van der Waals surface area contributed by atoms with Gasteiger partial charge in [0.2, 0.25) is 5.78 Å². The van der Waals surface area contributed by atoms with Gasteiger partial charge in [-0.1, -0.05) is 23.7 Å². The Kier molecular flexibility index (Phi) is 5.37. The molecule has 2 aromatic heterocycles. The van der Waals surface area contributed by atoms with Crippen LogP contribution >= 0.6 is 11.6 Å². The lowest BCUT2D eigenvalue weighted by molar-refractivity contribution is -0.137. The van der Waals surface area contributed by atoms with E-state index in [0.717, 1.165) is 30.3 Å². The Bertz CT molecular complexity index is 1440. The molecule has 0 bridgehead atoms. The van der Waals surface area contributed by atoms with Gasteiger partial charge in [0, 0.05) is 17.3 Å². The van der Waals surface area contributed by atoms with Crippen molar-refractivity contribution in [3.8, 4) is 16.9 Å². The number of benzene rings is 2. The van der Waals surface area contributed by atoms with Gasteiger partial charge in [-0.05, 0) is 42.5 Å². The number of carboxylic acids is 1. The first-order valence-electron chi connectivity index (χ1n) is 9.27. The summed E-state index contributed by atoms with van der Waals surface area (Å²) in [7, 11) is 0. The number of pyridine rings is 1. The number of nitrogens with zero attached hydrogens (tertiary/aromatic N) is 1. The maximum absolute atomic E-state index is 14.3. The maximum Gasteiger partial charge on any atom is 0.417 e. The molecule has 0 fully saturated rings. The number of hydrogen-bond acceptors (Lipinski definition) is 3. The summed E-state index contributed by atoms with van der Waals surface area (Å²) in [6.07, 6.45) is -3.44. The fourth-order valence-corrected chi connectivity index (χ4v) is 3.86. The predicted molar refractivity (Wildman–Crippen MR) is 111 cm³/mol. The molecule has 2 heterocycles. The molecular weight excluding hydrogens is 466 g/mol. The Hall–Kier alpha value is -3.85. The van der Waals surface area contributed by atoms with Crippen molar-refractivity contribution in [2.45, 2.75) is 6.18 Å². The predicted octanol–water partition coefficient (Wildman–Crippen LogP) is 6.05. The third-order valence-electron chi connectivity index (χ3n) is 5.06. The quantitative estimate of drug-likeness (QED) is 0.277. The van der Waals surface area contributed by atoms with Gasteiger partial charge in [-0.25, -0.2) is 9.18 Å². The van der Waals surface area contributed by atoms with Crippen LogP contribution in [0.15, 0.2) is 60.8 Å². The van der Waals surface area contributed by atoms with Gasteiger partial charge in [-0.3, -0.25) is 4.79 Å². The number of aromatic carboxylic acids is 1. The van der Waals surface area contributed by atoms with Crippen LogP contribution in [0.5, 0.6) is 5.75 Å². The van der Waals surface area contributed by atoms with E-state index < -0.39 is 51.2 Å². The van der Waals surface area contributed by atoms with Crippen molar-refractivity contribution < 1.29 is 37.4 Å². The van der Waals surface area contributed by atoms with Crippen LogP contribution in [0.3, 0.4) is 0 Å². The van der Waals surface area contributed by atoms with Gasteiger partial charge in [-0.15, -0.1) is 0 Å². The number of aromatic nitrogens is 1. The Morgan fingerprint density at radius 1 is 0.970 bits per heavy atom. The number of carboxylic acid groups (broad SMARTS) is 1. The van der Waals surface area contributed by atoms with Crippen molar-refractivity contribution in [2.75, 3.05) is 0 Å². The fraction of sp³-hybridized carbons (Fsp3) is 0.0435. The third kappa shape index (κ3) is 3.80. The zero-order valence-corrected chi connectivity index (χ0v) is 17.1. The number of rotatable bonds is 4. The molecule has 0 saturated carbocycles. The number of alkyl halides is 3. The van der Waals surface area contributed by atoms with Gasteiger partial charge in [0.15, 0.2) is 0 Å². The molecule has 0 unspecified atom stereocenters. The summed E-state index contributed by atoms with van der Waals surface area (Å²) in [6.45, 7) is 0. The summed E-state index contributed by atoms with van der Waals surface area (Å²) in [6, 6.07) is 10.3. The van der Waals surface area contributed by atoms with Crippen LogP contribution in [0.25, 0.3) is 16.6 Å². The number of hydrogen-bond donors (Lipinski definition) is 2. The highest BCUT2D eigenvalue weighted by Gasteiger charge is 2.37. The van der Waals surface area contributed by atoms with Crippen LogP contribution in [-0.2, 0) is 6.18 Å². The monoisotopic (exact) mass is 477 g/mol. The topological polar surface area (TPSA) is 79.0 Å². The molecule has 0 aliphatic rings. The second-order valence-electron chi connectivity index (χ2n) is 7.04. The average molecular weight is 478 g/mol. The Morgan fingerprint density at radius 2 is 1.70 bits per heavy atom. The van der Waals surface area contributed by atoms with Crippen molar-refractivity contribution in [3.05, 3.63) is 94.0 Å². The van der Waals surface area contributed by atoms with Gasteiger partial charge in [-0.2, -0.15) is 13.2 Å². The van der Waals surface area contributed by atoms with E-state index in [-0.39, 0.29) is 22.3 Å². The summed E-state index contributed by atoms with van der Waals surface area (Å²) in [5.41, 5.74) is -2.73. The molecule has 2 aromatic carbocycles. The van der Waals surface area contributed by atoms with Crippen molar-refractivity contribution >= 4 is 28.9 Å². The number of halogens is 5. The van der Waals surface area contributed by atoms with E-state index >= 15 is 0 Å². The number of aromatic hydroxyl groups is 1. The lowest BCUT2D eigenvalue weighted by atomic mass is 9.99. The third-order valence-corrected chi connectivity index (χ3v) is 5.38. The second-order valence-corrected chi connectivity index (χ2v) is 7.45. The molecule has 4 rings (SSSR count). The zero-order chi connectivity index (χ0) is 24.1. The minimum absolute atomic E-state index is 0.105. The van der Waals surface area contributed by atoms with Crippen LogP contribution in [0.4, 0.5) is 17.6 Å². The molecule has 0 saturated heterocycles. The summed E-state index contributed by atoms with van der Waals surface area (Å²) < 4.78 is 56.3. The number of phenolic OH excluding ortho intramolecular Hbond substituents is 1. The number of fused-ring (bicyclic) bond motifs is 1. The molecule has 2 N–H and O–H groups in total. The van der Waals surface area contributed by atoms with Crippen LogP contribution in [0, 0.1) is 5.82 Å². The summed E-state index contributed by atoms with van der Waals surface area (Å²) in [4.78, 5) is 24.4. The SMILES string of the molecule is O=C(O)c1cc(O)c(-c2cc(C(=O)c3c(Cl)cccc3C(F)(F)F)n3ccccc23)cc1F. The molecule has 0 radical (unpaired) electrons. The molecule has 0 atom stereocenters. The molecule has 168 valence electrons. The summed E-state index contributed by atoms with van der Waals surface area (Å²) >= 11 is 5.97. The molecule has 0 spiro atoms. The molecule has 5 nitrogen and oxygen atoms in total. The van der Waals surface area contributed by atoms with Gasteiger partial charge in [0.05, 0.1) is 32.9 Å². The molecule has 10 heteroatoms. The lowest BCUT2D eigenvalue weighted by Gasteiger charge is -2.13. The first-order chi connectivity index (χ1) is 15.5. The molecule has 4 aromatic rings. The Labute approximate surface area is 188 Å². The average Bonchev–Trinajstić information content (AvgIpc) is 3.13. The van der Waals surface area contributed by atoms with Gasteiger partial charge in [0.1, 0.15) is 11.6 Å². The summed E-state index contributed by atoms with van der Waals surface area (Å²) in [5.74, 6) is -4.35. The Balaban J connectivity index is 1.97. The van der Waals surface area contributed by atoms with E-state index in [0.29, 0.717) is 0 Å². The standard InChI is InChI=1S/C23H12ClF4NO4/c24-15-5-3-4-14(23(26,27)28)20(15)21(31)18-9-11(17-6-1-2-7-29(17)18)12-8-16(25)13(22(32)33)10-19(12)30/h1-10,30H,(H,32,33). The molecule has 0 aliphatic carbocycles. The minimum atomic E-state index is -4.85. The molecule has 0 amide bonds. The maximum atomic E-state index is 14.3. The van der Waals surface area contributed by atoms with Crippen LogP contribution < -0.4 is 0 Å². The van der Waals surface area contributed by atoms with Crippen LogP contribution in [0.2, 0.25) is 5.02 Å². The number of ketones is 1. The van der Waals surface area contributed by atoms with E-state index in [1.807, 2.05) is 0 Å². The van der Waals surface area contributed by atoms with E-state index in [9.17, 15) is 32.3 Å². The minimum Gasteiger partial charge on any atom is -0.507 e. The molecular formula is C23H12ClF4NO4. The molecule has 33 heavy (non-hydrogen) atoms. The van der Waals surface area contributed by atoms with Crippen molar-refractivity contribution in [1.29, 1.82) is 0 Å². The largest absolute Gasteiger partial charge is 0.507 e. The fourth-order valence-electron chi connectivity index (χ4n) is 3.60. The van der Waals surface area contributed by atoms with Gasteiger partial charge in [0.25, 0.3) is 0 Å². The van der Waals surface area contributed by atoms with E-state index in [2.05, 4.69) is 0 Å². The zero-order valence-electron chi connectivity index (χ0n) is 16.3. The van der Waals surface area contributed by atoms with E-state index in [4.69, 9.17) is 16.7 Å². The van der Waals surface area contributed by atoms with Gasteiger partial charge >= 0.3 is 12.1 Å². The highest BCUT2D eigenvalue weighted by Crippen LogP contribution is 2.39. The number of carbonyl (C=O) groups is 2. The number of phenols is 1. The second kappa shape index (κ2) is 7.93. The highest BCUT2D eigenvalue weighted by atomic mass is 35.5. The van der Waals surface area contributed by atoms with E-state index in [1.54, 1.807) is 6.07 Å². The lowest BCUT2D eigenvalue weighted by Crippen LogP contribution is -2.15. The first kappa shape index (κ1) is 22.3. The molecule has 0 aliphatic heterocycles. The van der Waals surface area contributed by atoms with E-state index in [1.165, 1.54) is 28.8 Å². The smallest absolute Gasteiger partial charge is 0.417 e. The van der Waals surface area contributed by atoms with Crippen molar-refractivity contribution in [2.24, 2.45) is 0 Å². The van der Waals surface area contributed by atoms with Crippen LogP contribution in [0.1, 0.15) is 32.0 Å². The van der Waals surface area contributed by atoms with Gasteiger partial charge < -0.3 is 14.6 Å². The number of carbonyl (C=O) groups excluding carboxylic acids is 1.